The van der Waals surface area contributed by atoms with Crippen LogP contribution in [0, 0.1) is 0 Å². The van der Waals surface area contributed by atoms with Gasteiger partial charge in [-0.2, -0.15) is 0 Å². The van der Waals surface area contributed by atoms with Crippen LogP contribution in [-0.2, 0) is 9.63 Å². The van der Waals surface area contributed by atoms with E-state index in [4.69, 9.17) is 25.9 Å². The molecule has 0 heterocycles. The number of ether oxygens (including phenoxy) is 2. The first-order valence-electron chi connectivity index (χ1n) is 7.04. The minimum Gasteiger partial charge on any atom is -0.497 e. The number of nitrogens with one attached hydrogen (secondary N) is 1. The molecule has 24 heavy (non-hydrogen) atoms. The highest BCUT2D eigenvalue weighted by atomic mass is 35.5. The largest absolute Gasteiger partial charge is 0.497 e. The van der Waals surface area contributed by atoms with Crippen molar-refractivity contribution < 1.29 is 19.1 Å². The smallest absolute Gasteiger partial charge is 0.265 e. The van der Waals surface area contributed by atoms with Crippen LogP contribution in [0.3, 0.4) is 0 Å². The summed E-state index contributed by atoms with van der Waals surface area (Å²) in [6, 6.07) is 12.1. The lowest BCUT2D eigenvalue weighted by Crippen LogP contribution is -2.17. The maximum absolute atomic E-state index is 11.9. The topological polar surface area (TPSA) is 69.2 Å². The zero-order valence-corrected chi connectivity index (χ0v) is 14.0. The SMILES string of the molecule is COc1cc(NC(=O)CO/N=C/c2ccc(Cl)cc2)cc(OC)c1. The fourth-order valence-corrected chi connectivity index (χ4v) is 1.95. The predicted molar refractivity (Wildman–Crippen MR) is 93.2 cm³/mol. The van der Waals surface area contributed by atoms with Gasteiger partial charge in [0.1, 0.15) is 11.5 Å². The maximum atomic E-state index is 11.9. The second-order valence-corrected chi connectivity index (χ2v) is 5.15. The van der Waals surface area contributed by atoms with E-state index in [1.807, 2.05) is 0 Å². The Hall–Kier alpha value is -2.73. The molecule has 0 aromatic heterocycles. The quantitative estimate of drug-likeness (QED) is 0.615. The second-order valence-electron chi connectivity index (χ2n) is 4.71. The van der Waals surface area contributed by atoms with Crippen LogP contribution >= 0.6 is 11.6 Å². The third-order valence-corrected chi connectivity index (χ3v) is 3.23. The monoisotopic (exact) mass is 348 g/mol. The number of nitrogens with zero attached hydrogens (tertiary/aromatic N) is 1. The Morgan fingerprint density at radius 2 is 1.75 bits per heavy atom. The molecule has 0 aliphatic rings. The summed E-state index contributed by atoms with van der Waals surface area (Å²) in [6.45, 7) is -0.219. The molecular weight excluding hydrogens is 332 g/mol. The highest BCUT2D eigenvalue weighted by Crippen LogP contribution is 2.25. The third kappa shape index (κ3) is 5.48. The number of amides is 1. The molecule has 0 saturated heterocycles. The van der Waals surface area contributed by atoms with E-state index in [0.717, 1.165) is 5.56 Å². The Balaban J connectivity index is 1.86. The molecule has 0 unspecified atom stereocenters. The van der Waals surface area contributed by atoms with Gasteiger partial charge in [-0.15, -0.1) is 0 Å². The Kier molecular flexibility index (Phi) is 6.45. The lowest BCUT2D eigenvalue weighted by atomic mass is 10.2. The molecule has 2 aromatic carbocycles. The van der Waals surface area contributed by atoms with E-state index >= 15 is 0 Å². The average molecular weight is 349 g/mol. The number of methoxy groups -OCH3 is 2. The Morgan fingerprint density at radius 1 is 1.12 bits per heavy atom. The van der Waals surface area contributed by atoms with E-state index < -0.39 is 0 Å². The van der Waals surface area contributed by atoms with Gasteiger partial charge in [0.15, 0.2) is 6.61 Å². The molecule has 2 rings (SSSR count). The first-order chi connectivity index (χ1) is 11.6. The maximum Gasteiger partial charge on any atom is 0.265 e. The van der Waals surface area contributed by atoms with Crippen LogP contribution in [0.15, 0.2) is 47.6 Å². The summed E-state index contributed by atoms with van der Waals surface area (Å²) in [4.78, 5) is 16.8. The molecule has 0 fully saturated rings. The number of anilines is 1. The van der Waals surface area contributed by atoms with Gasteiger partial charge in [-0.3, -0.25) is 4.79 Å². The molecule has 0 bridgehead atoms. The normalized spacial score (nSPS) is 10.5. The zero-order chi connectivity index (χ0) is 17.4. The summed E-state index contributed by atoms with van der Waals surface area (Å²) in [6.07, 6.45) is 1.50. The lowest BCUT2D eigenvalue weighted by Gasteiger charge is -2.09. The number of oxime groups is 1. The standard InChI is InChI=1S/C17H17ClN2O4/c1-22-15-7-14(8-16(9-15)23-2)20-17(21)11-24-19-10-12-3-5-13(18)6-4-12/h3-10H,11H2,1-2H3,(H,20,21)/b19-10+. The number of rotatable bonds is 7. The molecule has 7 heteroatoms. The molecule has 0 atom stereocenters. The van der Waals surface area contributed by atoms with E-state index in [0.29, 0.717) is 22.2 Å². The summed E-state index contributed by atoms with van der Waals surface area (Å²) >= 11 is 5.79. The fourth-order valence-electron chi connectivity index (χ4n) is 1.82. The van der Waals surface area contributed by atoms with Crippen LogP contribution in [0.4, 0.5) is 5.69 Å². The van der Waals surface area contributed by atoms with Gasteiger partial charge in [0, 0.05) is 28.9 Å². The first-order valence-corrected chi connectivity index (χ1v) is 7.42. The van der Waals surface area contributed by atoms with Crippen molar-refractivity contribution in [1.82, 2.24) is 0 Å². The number of benzene rings is 2. The summed E-state index contributed by atoms with van der Waals surface area (Å²) in [7, 11) is 3.07. The van der Waals surface area contributed by atoms with Gasteiger partial charge in [0.05, 0.1) is 20.4 Å². The minimum atomic E-state index is -0.349. The van der Waals surface area contributed by atoms with Crippen LogP contribution < -0.4 is 14.8 Å². The number of carbonyl (C=O) groups excluding carboxylic acids is 1. The molecular formula is C17H17ClN2O4. The molecule has 0 radical (unpaired) electrons. The van der Waals surface area contributed by atoms with Crippen molar-refractivity contribution in [2.75, 3.05) is 26.1 Å². The number of hydrogen-bond acceptors (Lipinski definition) is 5. The van der Waals surface area contributed by atoms with Crippen molar-refractivity contribution in [3.05, 3.63) is 53.1 Å². The first kappa shape index (κ1) is 17.6. The van der Waals surface area contributed by atoms with Crippen LogP contribution in [0.25, 0.3) is 0 Å². The van der Waals surface area contributed by atoms with Gasteiger partial charge in [0.25, 0.3) is 5.91 Å². The molecule has 126 valence electrons. The fraction of sp³-hybridized carbons (Fsp3) is 0.176. The lowest BCUT2D eigenvalue weighted by molar-refractivity contribution is -0.120. The molecule has 0 spiro atoms. The van der Waals surface area contributed by atoms with Gasteiger partial charge >= 0.3 is 0 Å². The van der Waals surface area contributed by atoms with E-state index in [1.165, 1.54) is 20.4 Å². The van der Waals surface area contributed by atoms with Gasteiger partial charge in [-0.25, -0.2) is 0 Å². The number of halogens is 1. The summed E-state index contributed by atoms with van der Waals surface area (Å²) < 4.78 is 10.3. The average Bonchev–Trinajstić information content (AvgIpc) is 2.59. The molecule has 6 nitrogen and oxygen atoms in total. The Labute approximate surface area is 145 Å². The van der Waals surface area contributed by atoms with Crippen molar-refractivity contribution in [1.29, 1.82) is 0 Å². The van der Waals surface area contributed by atoms with E-state index in [9.17, 15) is 4.79 Å². The molecule has 0 aliphatic carbocycles. The van der Waals surface area contributed by atoms with Gasteiger partial charge in [-0.05, 0) is 17.7 Å². The van der Waals surface area contributed by atoms with Crippen molar-refractivity contribution in [3.8, 4) is 11.5 Å². The van der Waals surface area contributed by atoms with Crippen LogP contribution in [0.5, 0.6) is 11.5 Å². The van der Waals surface area contributed by atoms with Crippen LogP contribution in [0.1, 0.15) is 5.56 Å². The highest BCUT2D eigenvalue weighted by Gasteiger charge is 2.06. The summed E-state index contributed by atoms with van der Waals surface area (Å²) in [5, 5.41) is 7.06. The van der Waals surface area contributed by atoms with Gasteiger partial charge < -0.3 is 19.6 Å². The van der Waals surface area contributed by atoms with E-state index in [-0.39, 0.29) is 12.5 Å². The van der Waals surface area contributed by atoms with Crippen molar-refractivity contribution in [3.63, 3.8) is 0 Å². The highest BCUT2D eigenvalue weighted by molar-refractivity contribution is 6.30. The summed E-state index contributed by atoms with van der Waals surface area (Å²) in [5.74, 6) is 0.802. The van der Waals surface area contributed by atoms with Crippen molar-refractivity contribution in [2.24, 2.45) is 5.16 Å². The molecule has 2 aromatic rings. The van der Waals surface area contributed by atoms with Gasteiger partial charge in [-0.1, -0.05) is 28.9 Å². The third-order valence-electron chi connectivity index (χ3n) is 2.98. The minimum absolute atomic E-state index is 0.219. The van der Waals surface area contributed by atoms with E-state index in [2.05, 4.69) is 10.5 Å². The molecule has 1 amide bonds. The van der Waals surface area contributed by atoms with Crippen LogP contribution in [-0.4, -0.2) is 32.9 Å². The van der Waals surface area contributed by atoms with Crippen molar-refractivity contribution >= 4 is 29.4 Å². The number of carbonyl (C=O) groups is 1. The second kappa shape index (κ2) is 8.79. The molecule has 0 saturated carbocycles. The van der Waals surface area contributed by atoms with Gasteiger partial charge in [0.2, 0.25) is 0 Å². The number of hydrogen-bond donors (Lipinski definition) is 1. The van der Waals surface area contributed by atoms with E-state index in [1.54, 1.807) is 42.5 Å². The Morgan fingerprint density at radius 3 is 2.33 bits per heavy atom. The molecule has 1 N–H and O–H groups in total. The van der Waals surface area contributed by atoms with Crippen LogP contribution in [0.2, 0.25) is 5.02 Å². The predicted octanol–water partition coefficient (Wildman–Crippen LogP) is 3.35. The molecule has 0 aliphatic heterocycles. The van der Waals surface area contributed by atoms with Crippen molar-refractivity contribution in [2.45, 2.75) is 0 Å². The summed E-state index contributed by atoms with van der Waals surface area (Å²) in [5.41, 5.74) is 1.36. The zero-order valence-electron chi connectivity index (χ0n) is 13.3. The Bertz CT molecular complexity index is 695.